The Morgan fingerprint density at radius 2 is 1.87 bits per heavy atom. The minimum atomic E-state index is 0.553. The van der Waals surface area contributed by atoms with Crippen molar-refractivity contribution in [2.75, 3.05) is 12.5 Å². The topological polar surface area (TPSA) is 9.23 Å². The molecule has 0 aromatic heterocycles. The van der Waals surface area contributed by atoms with Gasteiger partial charge < -0.3 is 4.74 Å². The molecule has 0 bridgehead atoms. The predicted molar refractivity (Wildman–Crippen MR) is 69.6 cm³/mol. The summed E-state index contributed by atoms with van der Waals surface area (Å²) in [5.74, 6) is 1.26. The Balaban J connectivity index is 2.57. The first-order valence-corrected chi connectivity index (χ1v) is 6.57. The van der Waals surface area contributed by atoms with E-state index in [9.17, 15) is 0 Å². The van der Waals surface area contributed by atoms with Crippen molar-refractivity contribution in [3.63, 3.8) is 0 Å². The van der Waals surface area contributed by atoms with Crippen molar-refractivity contribution in [2.45, 2.75) is 12.8 Å². The van der Waals surface area contributed by atoms with Crippen LogP contribution in [-0.2, 0) is 0 Å². The van der Waals surface area contributed by atoms with E-state index in [1.807, 2.05) is 0 Å². The second kappa shape index (κ2) is 6.85. The van der Waals surface area contributed by atoms with Gasteiger partial charge in [-0.1, -0.05) is 23.2 Å². The molecule has 5 heteroatoms. The van der Waals surface area contributed by atoms with Crippen LogP contribution in [0.3, 0.4) is 0 Å². The molecule has 84 valence electrons. The largest absolute Gasteiger partial charge is 0.492 e. The van der Waals surface area contributed by atoms with Gasteiger partial charge >= 0.3 is 0 Å². The van der Waals surface area contributed by atoms with Crippen LogP contribution >= 0.6 is 50.7 Å². The van der Waals surface area contributed by atoms with E-state index in [0.29, 0.717) is 28.3 Å². The first-order valence-electron chi connectivity index (χ1n) is 4.48. The van der Waals surface area contributed by atoms with E-state index < -0.39 is 0 Å². The number of alkyl halides is 1. The first-order chi connectivity index (χ1) is 7.15. The Kier molecular flexibility index (Phi) is 6.13. The molecule has 0 saturated heterocycles. The van der Waals surface area contributed by atoms with Crippen LogP contribution in [-0.4, -0.2) is 12.5 Å². The maximum Gasteiger partial charge on any atom is 0.139 e. The van der Waals surface area contributed by atoms with Crippen LogP contribution in [0.1, 0.15) is 12.8 Å². The number of ether oxygens (including phenoxy) is 1. The Morgan fingerprint density at radius 3 is 2.53 bits per heavy atom. The lowest BCUT2D eigenvalue weighted by molar-refractivity contribution is 0.310. The van der Waals surface area contributed by atoms with Gasteiger partial charge in [-0.25, -0.2) is 0 Å². The third kappa shape index (κ3) is 4.39. The molecule has 0 N–H and O–H groups in total. The summed E-state index contributed by atoms with van der Waals surface area (Å²) in [6.45, 7) is 0.602. The second-order valence-corrected chi connectivity index (χ2v) is 4.99. The summed E-state index contributed by atoms with van der Waals surface area (Å²) in [5, 5.41) is 1.14. The van der Waals surface area contributed by atoms with E-state index in [1.54, 1.807) is 12.1 Å². The van der Waals surface area contributed by atoms with Crippen LogP contribution in [0.15, 0.2) is 16.6 Å². The number of halogens is 4. The van der Waals surface area contributed by atoms with E-state index in [0.717, 1.165) is 17.3 Å². The Hall–Kier alpha value is 0.370. The zero-order valence-electron chi connectivity index (χ0n) is 7.90. The van der Waals surface area contributed by atoms with Crippen molar-refractivity contribution < 1.29 is 4.74 Å². The zero-order valence-corrected chi connectivity index (χ0v) is 11.8. The van der Waals surface area contributed by atoms with Gasteiger partial charge in [-0.15, -0.1) is 11.6 Å². The monoisotopic (exact) mass is 330 g/mol. The van der Waals surface area contributed by atoms with E-state index in [2.05, 4.69) is 15.9 Å². The molecular weight excluding hydrogens is 322 g/mol. The van der Waals surface area contributed by atoms with Crippen molar-refractivity contribution in [1.29, 1.82) is 0 Å². The molecule has 0 unspecified atom stereocenters. The van der Waals surface area contributed by atoms with Gasteiger partial charge in [-0.2, -0.15) is 0 Å². The molecular formula is C10H10BrCl3O. The third-order valence-electron chi connectivity index (χ3n) is 1.76. The molecule has 0 heterocycles. The fourth-order valence-electron chi connectivity index (χ4n) is 0.994. The molecule has 0 amide bonds. The van der Waals surface area contributed by atoms with Gasteiger partial charge in [0, 0.05) is 16.4 Å². The molecule has 15 heavy (non-hydrogen) atoms. The van der Waals surface area contributed by atoms with Crippen molar-refractivity contribution in [3.05, 3.63) is 26.7 Å². The standard InChI is InChI=1S/C10H10BrCl3O/c11-7-5-9(14)10(6-8(7)13)15-4-2-1-3-12/h5-6H,1-4H2. The molecule has 1 rings (SSSR count). The lowest BCUT2D eigenvalue weighted by Gasteiger charge is -2.08. The minimum absolute atomic E-state index is 0.553. The Bertz CT molecular complexity index is 331. The van der Waals surface area contributed by atoms with Gasteiger partial charge in [-0.05, 0) is 34.8 Å². The minimum Gasteiger partial charge on any atom is -0.492 e. The Morgan fingerprint density at radius 1 is 1.13 bits per heavy atom. The highest BCUT2D eigenvalue weighted by Crippen LogP contribution is 2.34. The fraction of sp³-hybridized carbons (Fsp3) is 0.400. The van der Waals surface area contributed by atoms with Crippen LogP contribution < -0.4 is 4.74 Å². The predicted octanol–water partition coefficient (Wildman–Crippen LogP) is 5.15. The average molecular weight is 332 g/mol. The van der Waals surface area contributed by atoms with E-state index >= 15 is 0 Å². The van der Waals surface area contributed by atoms with Gasteiger partial charge in [0.1, 0.15) is 5.75 Å². The molecule has 1 aromatic carbocycles. The van der Waals surface area contributed by atoms with Crippen molar-refractivity contribution in [2.24, 2.45) is 0 Å². The summed E-state index contributed by atoms with van der Waals surface area (Å²) in [6, 6.07) is 3.43. The molecule has 0 spiro atoms. The lowest BCUT2D eigenvalue weighted by Crippen LogP contribution is -1.98. The van der Waals surface area contributed by atoms with Crippen molar-refractivity contribution >= 4 is 50.7 Å². The van der Waals surface area contributed by atoms with Crippen LogP contribution in [0.5, 0.6) is 5.75 Å². The molecule has 0 saturated carbocycles. The SMILES string of the molecule is ClCCCCOc1cc(Cl)c(Br)cc1Cl. The molecule has 0 fully saturated rings. The van der Waals surface area contributed by atoms with Gasteiger partial charge in [0.15, 0.2) is 0 Å². The van der Waals surface area contributed by atoms with Crippen LogP contribution in [0, 0.1) is 0 Å². The molecule has 0 radical (unpaired) electrons. The van der Waals surface area contributed by atoms with Gasteiger partial charge in [0.25, 0.3) is 0 Å². The molecule has 1 nitrogen and oxygen atoms in total. The van der Waals surface area contributed by atoms with E-state index in [4.69, 9.17) is 39.5 Å². The summed E-state index contributed by atoms with van der Waals surface area (Å²) >= 11 is 20.7. The van der Waals surface area contributed by atoms with Crippen LogP contribution in [0.2, 0.25) is 10.0 Å². The lowest BCUT2D eigenvalue weighted by atomic mass is 10.3. The van der Waals surface area contributed by atoms with Crippen molar-refractivity contribution in [1.82, 2.24) is 0 Å². The number of hydrogen-bond donors (Lipinski definition) is 0. The number of rotatable bonds is 5. The van der Waals surface area contributed by atoms with Gasteiger partial charge in [-0.3, -0.25) is 0 Å². The maximum atomic E-state index is 5.97. The molecule has 0 aliphatic heterocycles. The first kappa shape index (κ1) is 13.4. The highest BCUT2D eigenvalue weighted by Gasteiger charge is 2.06. The highest BCUT2D eigenvalue weighted by molar-refractivity contribution is 9.10. The summed E-state index contributed by atoms with van der Waals surface area (Å²) in [7, 11) is 0. The van der Waals surface area contributed by atoms with Gasteiger partial charge in [0.2, 0.25) is 0 Å². The summed E-state index contributed by atoms with van der Waals surface area (Å²) in [6.07, 6.45) is 1.84. The third-order valence-corrected chi connectivity index (χ3v) is 3.52. The Labute approximate surface area is 113 Å². The fourth-order valence-corrected chi connectivity index (χ4v) is 2.03. The summed E-state index contributed by atoms with van der Waals surface area (Å²) in [5.41, 5.74) is 0. The van der Waals surface area contributed by atoms with Crippen molar-refractivity contribution in [3.8, 4) is 5.75 Å². The van der Waals surface area contributed by atoms with E-state index in [-0.39, 0.29) is 0 Å². The second-order valence-electron chi connectivity index (χ2n) is 2.94. The molecule has 0 aliphatic rings. The van der Waals surface area contributed by atoms with Crippen LogP contribution in [0.4, 0.5) is 0 Å². The maximum absolute atomic E-state index is 5.97. The summed E-state index contributed by atoms with van der Waals surface area (Å²) < 4.78 is 6.24. The molecule has 1 aromatic rings. The highest BCUT2D eigenvalue weighted by atomic mass is 79.9. The number of unbranched alkanes of at least 4 members (excludes halogenated alkanes) is 1. The average Bonchev–Trinajstić information content (AvgIpc) is 2.20. The number of hydrogen-bond acceptors (Lipinski definition) is 1. The molecule has 0 atom stereocenters. The smallest absolute Gasteiger partial charge is 0.139 e. The quantitative estimate of drug-likeness (QED) is 0.411. The summed E-state index contributed by atoms with van der Waals surface area (Å²) in [4.78, 5) is 0. The van der Waals surface area contributed by atoms with E-state index in [1.165, 1.54) is 0 Å². The molecule has 0 aliphatic carbocycles. The van der Waals surface area contributed by atoms with Crippen LogP contribution in [0.25, 0.3) is 0 Å². The zero-order chi connectivity index (χ0) is 11.3. The van der Waals surface area contributed by atoms with Gasteiger partial charge in [0.05, 0.1) is 16.7 Å². The number of benzene rings is 1. The normalized spacial score (nSPS) is 10.4.